The van der Waals surface area contributed by atoms with Gasteiger partial charge in [0.15, 0.2) is 0 Å². The van der Waals surface area contributed by atoms with Gasteiger partial charge >= 0.3 is 0 Å². The lowest BCUT2D eigenvalue weighted by atomic mass is 9.97. The van der Waals surface area contributed by atoms with Gasteiger partial charge in [-0.15, -0.1) is 0 Å². The van der Waals surface area contributed by atoms with Gasteiger partial charge in [-0.05, 0) is 36.8 Å². The Morgan fingerprint density at radius 1 is 1.14 bits per heavy atom. The predicted molar refractivity (Wildman–Crippen MR) is 114 cm³/mol. The molecule has 0 saturated heterocycles. The number of hydrazone groups is 1. The molecule has 1 N–H and O–H groups in total. The van der Waals surface area contributed by atoms with Crippen molar-refractivity contribution in [3.05, 3.63) is 93.2 Å². The lowest BCUT2D eigenvalue weighted by molar-refractivity contribution is 0.565. The molecule has 4 aromatic rings. The van der Waals surface area contributed by atoms with Crippen LogP contribution < -0.4 is 10.6 Å². The highest BCUT2D eigenvalue weighted by atomic mass is 35.5. The van der Waals surface area contributed by atoms with Crippen molar-refractivity contribution in [2.75, 3.05) is 5.01 Å². The number of aromatic nitrogens is 2. The topological polar surface area (TPSA) is 74.5 Å². The Bertz CT molecular complexity index is 1280. The van der Waals surface area contributed by atoms with Gasteiger partial charge in [0.2, 0.25) is 5.71 Å². The van der Waals surface area contributed by atoms with E-state index in [0.29, 0.717) is 33.9 Å². The number of H-pyrrole nitrogens is 1. The summed E-state index contributed by atoms with van der Waals surface area (Å²) >= 11 is 6.09. The van der Waals surface area contributed by atoms with Crippen molar-refractivity contribution < 1.29 is 4.42 Å². The highest BCUT2D eigenvalue weighted by Gasteiger charge is 2.33. The third kappa shape index (κ3) is 3.02. The van der Waals surface area contributed by atoms with Crippen molar-refractivity contribution in [1.29, 1.82) is 0 Å². The van der Waals surface area contributed by atoms with Crippen LogP contribution in [-0.4, -0.2) is 15.7 Å². The molecule has 2 aromatic carbocycles. The van der Waals surface area contributed by atoms with Crippen LogP contribution in [0.5, 0.6) is 0 Å². The standard InChI is InChI=1S/C22H17ClN4O2/c1-13-19(20-21(28)24-12-25-22(20)29-13)17-11-18(14-7-9-15(23)10-8-14)27(26-17)16-5-3-2-4-6-16/h2-10,12,18H,11H2,1H3,(H,24,25,28). The molecule has 1 atom stereocenters. The van der Waals surface area contributed by atoms with Gasteiger partial charge in [0.1, 0.15) is 11.1 Å². The van der Waals surface area contributed by atoms with Crippen molar-refractivity contribution in [2.45, 2.75) is 19.4 Å². The van der Waals surface area contributed by atoms with Crippen molar-refractivity contribution in [2.24, 2.45) is 5.10 Å². The zero-order valence-corrected chi connectivity index (χ0v) is 16.3. The van der Waals surface area contributed by atoms with Crippen LogP contribution >= 0.6 is 11.6 Å². The number of benzene rings is 2. The van der Waals surface area contributed by atoms with E-state index in [0.717, 1.165) is 17.0 Å². The first-order chi connectivity index (χ1) is 14.1. The van der Waals surface area contributed by atoms with Gasteiger partial charge in [-0.25, -0.2) is 4.98 Å². The van der Waals surface area contributed by atoms with Gasteiger partial charge in [0, 0.05) is 11.4 Å². The molecule has 0 radical (unpaired) electrons. The highest BCUT2D eigenvalue weighted by molar-refractivity contribution is 6.30. The van der Waals surface area contributed by atoms with Crippen LogP contribution in [0.25, 0.3) is 11.1 Å². The van der Waals surface area contributed by atoms with Crippen molar-refractivity contribution in [1.82, 2.24) is 9.97 Å². The van der Waals surface area contributed by atoms with Crippen LogP contribution in [0.3, 0.4) is 0 Å². The fourth-order valence-corrected chi connectivity index (χ4v) is 3.95. The number of furan rings is 1. The third-order valence-electron chi connectivity index (χ3n) is 5.14. The molecule has 0 bridgehead atoms. The van der Waals surface area contributed by atoms with Crippen LogP contribution in [0, 0.1) is 6.92 Å². The molecule has 0 amide bonds. The first kappa shape index (κ1) is 17.7. The summed E-state index contributed by atoms with van der Waals surface area (Å²) in [6, 6.07) is 17.7. The second-order valence-corrected chi connectivity index (χ2v) is 7.38. The summed E-state index contributed by atoms with van der Waals surface area (Å²) in [6.45, 7) is 1.83. The Morgan fingerprint density at radius 2 is 1.90 bits per heavy atom. The van der Waals surface area contributed by atoms with E-state index in [2.05, 4.69) is 9.97 Å². The van der Waals surface area contributed by atoms with Gasteiger partial charge in [-0.1, -0.05) is 41.9 Å². The SMILES string of the molecule is Cc1oc2nc[nH]c(=O)c2c1C1=NN(c2ccccc2)C(c2ccc(Cl)cc2)C1. The van der Waals surface area contributed by atoms with Gasteiger partial charge in [-0.3, -0.25) is 9.80 Å². The number of nitrogens with one attached hydrogen (secondary N) is 1. The number of halogens is 1. The molecule has 1 aliphatic heterocycles. The molecule has 6 nitrogen and oxygen atoms in total. The first-order valence-corrected chi connectivity index (χ1v) is 9.64. The van der Waals surface area contributed by atoms with E-state index >= 15 is 0 Å². The van der Waals surface area contributed by atoms with E-state index in [1.807, 2.05) is 66.5 Å². The number of nitrogens with zero attached hydrogens (tertiary/aromatic N) is 3. The van der Waals surface area contributed by atoms with E-state index in [1.54, 1.807) is 0 Å². The average Bonchev–Trinajstić information content (AvgIpc) is 3.30. The molecule has 1 unspecified atom stereocenters. The second-order valence-electron chi connectivity index (χ2n) is 6.94. The summed E-state index contributed by atoms with van der Waals surface area (Å²) in [5.74, 6) is 0.632. The maximum Gasteiger partial charge on any atom is 0.262 e. The number of aryl methyl sites for hydroxylation is 1. The molecule has 5 rings (SSSR count). The van der Waals surface area contributed by atoms with Crippen LogP contribution in [0.1, 0.15) is 29.3 Å². The minimum atomic E-state index is -0.231. The maximum atomic E-state index is 12.5. The fraction of sp³-hybridized carbons (Fsp3) is 0.136. The van der Waals surface area contributed by atoms with Gasteiger partial charge in [-0.2, -0.15) is 5.10 Å². The Morgan fingerprint density at radius 3 is 2.66 bits per heavy atom. The Balaban J connectivity index is 1.66. The summed E-state index contributed by atoms with van der Waals surface area (Å²) in [7, 11) is 0. The summed E-state index contributed by atoms with van der Waals surface area (Å²) in [6.07, 6.45) is 1.97. The van der Waals surface area contributed by atoms with Crippen LogP contribution in [0.15, 0.2) is 75.2 Å². The molecule has 7 heteroatoms. The highest BCUT2D eigenvalue weighted by Crippen LogP contribution is 2.38. The van der Waals surface area contributed by atoms with E-state index in [-0.39, 0.29) is 11.6 Å². The van der Waals surface area contributed by atoms with Gasteiger partial charge < -0.3 is 9.40 Å². The molecule has 0 aliphatic carbocycles. The van der Waals surface area contributed by atoms with Crippen LogP contribution in [-0.2, 0) is 0 Å². The van der Waals surface area contributed by atoms with Crippen LogP contribution in [0.2, 0.25) is 5.02 Å². The zero-order chi connectivity index (χ0) is 20.0. The Kier molecular flexibility index (Phi) is 4.21. The number of anilines is 1. The molecule has 29 heavy (non-hydrogen) atoms. The second kappa shape index (κ2) is 6.90. The zero-order valence-electron chi connectivity index (χ0n) is 15.6. The largest absolute Gasteiger partial charge is 0.442 e. The molecule has 3 heterocycles. The van der Waals surface area contributed by atoms with Crippen molar-refractivity contribution in [3.8, 4) is 0 Å². The molecular formula is C22H17ClN4O2. The molecule has 2 aromatic heterocycles. The number of rotatable bonds is 3. The van der Waals surface area contributed by atoms with E-state index in [9.17, 15) is 4.79 Å². The monoisotopic (exact) mass is 404 g/mol. The number of hydrogen-bond donors (Lipinski definition) is 1. The van der Waals surface area contributed by atoms with Crippen molar-refractivity contribution >= 4 is 34.1 Å². The molecule has 0 saturated carbocycles. The summed E-state index contributed by atoms with van der Waals surface area (Å²) in [5.41, 5.74) is 3.67. The first-order valence-electron chi connectivity index (χ1n) is 9.26. The normalized spacial score (nSPS) is 16.4. The van der Waals surface area contributed by atoms with E-state index in [4.69, 9.17) is 21.1 Å². The predicted octanol–water partition coefficient (Wildman–Crippen LogP) is 4.83. The number of para-hydroxylation sites is 1. The Labute approximate surface area is 171 Å². The number of aromatic amines is 1. The molecular weight excluding hydrogens is 388 g/mol. The summed E-state index contributed by atoms with van der Waals surface area (Å²) < 4.78 is 5.74. The van der Waals surface area contributed by atoms with E-state index in [1.165, 1.54) is 6.33 Å². The molecule has 1 aliphatic rings. The summed E-state index contributed by atoms with van der Waals surface area (Å²) in [5, 5.41) is 8.02. The van der Waals surface area contributed by atoms with Gasteiger partial charge in [0.05, 0.1) is 29.3 Å². The minimum Gasteiger partial charge on any atom is -0.442 e. The Hall–Kier alpha value is -3.38. The third-order valence-corrected chi connectivity index (χ3v) is 5.40. The van der Waals surface area contributed by atoms with E-state index < -0.39 is 0 Å². The smallest absolute Gasteiger partial charge is 0.262 e. The average molecular weight is 405 g/mol. The lowest BCUT2D eigenvalue weighted by Gasteiger charge is -2.24. The maximum absolute atomic E-state index is 12.5. The van der Waals surface area contributed by atoms with Crippen LogP contribution in [0.4, 0.5) is 5.69 Å². The fourth-order valence-electron chi connectivity index (χ4n) is 3.83. The number of fused-ring (bicyclic) bond motifs is 1. The molecule has 0 spiro atoms. The molecule has 144 valence electrons. The quantitative estimate of drug-likeness (QED) is 0.530. The number of hydrogen-bond acceptors (Lipinski definition) is 5. The minimum absolute atomic E-state index is 0.0234. The van der Waals surface area contributed by atoms with Crippen molar-refractivity contribution in [3.63, 3.8) is 0 Å². The van der Waals surface area contributed by atoms with Gasteiger partial charge in [0.25, 0.3) is 5.56 Å². The molecule has 0 fully saturated rings. The summed E-state index contributed by atoms with van der Waals surface area (Å²) in [4.78, 5) is 19.3. The lowest BCUT2D eigenvalue weighted by Crippen LogP contribution is -2.18.